The zero-order chi connectivity index (χ0) is 19.9. The van der Waals surface area contributed by atoms with E-state index in [1.165, 1.54) is 0 Å². The molecule has 2 heterocycles. The van der Waals surface area contributed by atoms with Gasteiger partial charge in [0.15, 0.2) is 11.5 Å². The Bertz CT molecular complexity index is 935. The maximum Gasteiger partial charge on any atom is 0.164 e. The number of aryl methyl sites for hydroxylation is 1. The van der Waals surface area contributed by atoms with Gasteiger partial charge in [-0.1, -0.05) is 12.1 Å². The summed E-state index contributed by atoms with van der Waals surface area (Å²) in [5, 5.41) is 8.10. The normalized spacial score (nSPS) is 10.7. The monoisotopic (exact) mass is 378 g/mol. The van der Waals surface area contributed by atoms with Crippen molar-refractivity contribution in [3.8, 4) is 22.8 Å². The van der Waals surface area contributed by atoms with Gasteiger partial charge in [0, 0.05) is 55.4 Å². The average molecular weight is 378 g/mol. The molecule has 146 valence electrons. The molecular formula is C22H26N4O2. The van der Waals surface area contributed by atoms with Gasteiger partial charge in [-0.3, -0.25) is 9.67 Å². The van der Waals surface area contributed by atoms with Crippen LogP contribution < -0.4 is 14.8 Å². The van der Waals surface area contributed by atoms with E-state index >= 15 is 0 Å². The Morgan fingerprint density at radius 2 is 1.89 bits per heavy atom. The van der Waals surface area contributed by atoms with Gasteiger partial charge in [0.1, 0.15) is 0 Å². The van der Waals surface area contributed by atoms with Crippen LogP contribution in [0.1, 0.15) is 16.7 Å². The van der Waals surface area contributed by atoms with Crippen LogP contribution in [0.15, 0.2) is 55.5 Å². The van der Waals surface area contributed by atoms with Crippen LogP contribution in [0.25, 0.3) is 11.3 Å². The molecule has 0 aliphatic heterocycles. The molecule has 0 saturated carbocycles. The summed E-state index contributed by atoms with van der Waals surface area (Å²) in [6.07, 6.45) is 8.20. The lowest BCUT2D eigenvalue weighted by Crippen LogP contribution is -2.13. The number of ether oxygens (including phenoxy) is 2. The van der Waals surface area contributed by atoms with Crippen molar-refractivity contribution < 1.29 is 9.47 Å². The molecule has 28 heavy (non-hydrogen) atoms. The van der Waals surface area contributed by atoms with Crippen molar-refractivity contribution >= 4 is 0 Å². The Balaban J connectivity index is 1.75. The average Bonchev–Trinajstić information content (AvgIpc) is 3.09. The van der Waals surface area contributed by atoms with Gasteiger partial charge >= 0.3 is 0 Å². The lowest BCUT2D eigenvalue weighted by molar-refractivity contribution is 0.351. The molecule has 0 bridgehead atoms. The van der Waals surface area contributed by atoms with Gasteiger partial charge < -0.3 is 14.8 Å². The van der Waals surface area contributed by atoms with E-state index in [0.29, 0.717) is 13.1 Å². The minimum Gasteiger partial charge on any atom is -0.493 e. The third kappa shape index (κ3) is 4.40. The Kier molecular flexibility index (Phi) is 6.45. The molecule has 1 N–H and O–H groups in total. The highest BCUT2D eigenvalue weighted by atomic mass is 16.5. The smallest absolute Gasteiger partial charge is 0.164 e. The van der Waals surface area contributed by atoms with Crippen molar-refractivity contribution in [2.24, 2.45) is 7.05 Å². The summed E-state index contributed by atoms with van der Waals surface area (Å²) in [4.78, 5) is 4.08. The summed E-state index contributed by atoms with van der Waals surface area (Å²) in [6.45, 7) is 5.24. The van der Waals surface area contributed by atoms with Gasteiger partial charge in [-0.15, -0.1) is 6.58 Å². The first-order valence-electron chi connectivity index (χ1n) is 9.14. The number of allylic oxidation sites excluding steroid dienone is 1. The van der Waals surface area contributed by atoms with Gasteiger partial charge in [0.25, 0.3) is 0 Å². The highest BCUT2D eigenvalue weighted by molar-refractivity contribution is 5.61. The molecule has 0 saturated heterocycles. The van der Waals surface area contributed by atoms with Crippen LogP contribution in [0.4, 0.5) is 0 Å². The second-order valence-electron chi connectivity index (χ2n) is 6.50. The Labute approximate surface area is 165 Å². The SMILES string of the molecule is C=CCc1cc(CNCc2cn(C)nc2-c2ccncc2)cc(OC)c1OC. The molecule has 0 amide bonds. The summed E-state index contributed by atoms with van der Waals surface area (Å²) in [6, 6.07) is 8.08. The molecule has 0 atom stereocenters. The van der Waals surface area contributed by atoms with Gasteiger partial charge in [-0.2, -0.15) is 5.10 Å². The fraction of sp³-hybridized carbons (Fsp3) is 0.273. The Morgan fingerprint density at radius 3 is 2.57 bits per heavy atom. The van der Waals surface area contributed by atoms with E-state index in [2.05, 4.69) is 28.0 Å². The lowest BCUT2D eigenvalue weighted by Gasteiger charge is -2.15. The highest BCUT2D eigenvalue weighted by Crippen LogP contribution is 2.33. The zero-order valence-corrected chi connectivity index (χ0v) is 16.6. The topological polar surface area (TPSA) is 61.2 Å². The molecule has 3 aromatic rings. The van der Waals surface area contributed by atoms with E-state index in [-0.39, 0.29) is 0 Å². The largest absolute Gasteiger partial charge is 0.493 e. The summed E-state index contributed by atoms with van der Waals surface area (Å²) >= 11 is 0. The van der Waals surface area contributed by atoms with E-state index in [1.807, 2.05) is 42.2 Å². The predicted octanol–water partition coefficient (Wildman–Crippen LogP) is 3.52. The van der Waals surface area contributed by atoms with E-state index in [1.54, 1.807) is 26.6 Å². The molecule has 3 rings (SSSR count). The standard InChI is InChI=1S/C22H26N4O2/c1-5-6-18-11-16(12-20(27-3)22(18)28-4)13-24-14-19-15-26(2)25-21(19)17-7-9-23-10-8-17/h5,7-12,15,24H,1,6,13-14H2,2-4H3. The summed E-state index contributed by atoms with van der Waals surface area (Å²) in [5.41, 5.74) is 5.36. The fourth-order valence-electron chi connectivity index (χ4n) is 3.28. The van der Waals surface area contributed by atoms with Crippen LogP contribution in [0, 0.1) is 0 Å². The Hall–Kier alpha value is -3.12. The maximum absolute atomic E-state index is 5.51. The van der Waals surface area contributed by atoms with E-state index < -0.39 is 0 Å². The van der Waals surface area contributed by atoms with Crippen molar-refractivity contribution in [2.75, 3.05) is 14.2 Å². The van der Waals surface area contributed by atoms with Crippen molar-refractivity contribution in [3.63, 3.8) is 0 Å². The lowest BCUT2D eigenvalue weighted by atomic mass is 10.1. The first-order valence-corrected chi connectivity index (χ1v) is 9.14. The van der Waals surface area contributed by atoms with Crippen molar-refractivity contribution in [1.82, 2.24) is 20.1 Å². The number of methoxy groups -OCH3 is 2. The highest BCUT2D eigenvalue weighted by Gasteiger charge is 2.13. The van der Waals surface area contributed by atoms with Crippen LogP contribution in [0.5, 0.6) is 11.5 Å². The molecule has 0 aliphatic carbocycles. The molecule has 6 nitrogen and oxygen atoms in total. The summed E-state index contributed by atoms with van der Waals surface area (Å²) in [7, 11) is 5.25. The van der Waals surface area contributed by atoms with E-state index in [9.17, 15) is 0 Å². The molecule has 6 heteroatoms. The van der Waals surface area contributed by atoms with Gasteiger partial charge in [0.2, 0.25) is 0 Å². The molecule has 1 aromatic carbocycles. The van der Waals surface area contributed by atoms with Crippen LogP contribution in [0.3, 0.4) is 0 Å². The number of pyridine rings is 1. The third-order valence-electron chi connectivity index (χ3n) is 4.48. The zero-order valence-electron chi connectivity index (χ0n) is 16.6. The Morgan fingerprint density at radius 1 is 1.11 bits per heavy atom. The minimum atomic E-state index is 0.704. The van der Waals surface area contributed by atoms with Crippen molar-refractivity contribution in [2.45, 2.75) is 19.5 Å². The summed E-state index contributed by atoms with van der Waals surface area (Å²) in [5.74, 6) is 1.50. The number of rotatable bonds is 9. The molecule has 0 fully saturated rings. The molecule has 0 radical (unpaired) electrons. The minimum absolute atomic E-state index is 0.704. The number of nitrogens with zero attached hydrogens (tertiary/aromatic N) is 3. The second kappa shape index (κ2) is 9.19. The van der Waals surface area contributed by atoms with Crippen LogP contribution >= 0.6 is 0 Å². The molecule has 0 aliphatic rings. The van der Waals surface area contributed by atoms with E-state index in [4.69, 9.17) is 9.47 Å². The predicted molar refractivity (Wildman–Crippen MR) is 110 cm³/mol. The second-order valence-corrected chi connectivity index (χ2v) is 6.50. The number of hydrogen-bond acceptors (Lipinski definition) is 5. The first-order chi connectivity index (χ1) is 13.7. The molecular weight excluding hydrogens is 352 g/mol. The van der Waals surface area contributed by atoms with Crippen molar-refractivity contribution in [3.05, 3.63) is 72.2 Å². The number of nitrogens with one attached hydrogen (secondary N) is 1. The van der Waals surface area contributed by atoms with Crippen LogP contribution in [0.2, 0.25) is 0 Å². The van der Waals surface area contributed by atoms with E-state index in [0.717, 1.165) is 45.9 Å². The number of hydrogen-bond donors (Lipinski definition) is 1. The summed E-state index contributed by atoms with van der Waals surface area (Å²) < 4.78 is 12.8. The van der Waals surface area contributed by atoms with Crippen LogP contribution in [-0.2, 0) is 26.6 Å². The maximum atomic E-state index is 5.51. The number of aromatic nitrogens is 3. The van der Waals surface area contributed by atoms with Gasteiger partial charge in [-0.25, -0.2) is 0 Å². The quantitative estimate of drug-likeness (QED) is 0.577. The molecule has 2 aromatic heterocycles. The molecule has 0 unspecified atom stereocenters. The first kappa shape index (κ1) is 19.6. The van der Waals surface area contributed by atoms with Crippen LogP contribution in [-0.4, -0.2) is 29.0 Å². The van der Waals surface area contributed by atoms with Gasteiger partial charge in [-0.05, 0) is 30.2 Å². The molecule has 0 spiro atoms. The van der Waals surface area contributed by atoms with Gasteiger partial charge in [0.05, 0.1) is 19.9 Å². The third-order valence-corrected chi connectivity index (χ3v) is 4.48. The van der Waals surface area contributed by atoms with Crippen molar-refractivity contribution in [1.29, 1.82) is 0 Å². The number of benzene rings is 1. The fourth-order valence-corrected chi connectivity index (χ4v) is 3.28.